The van der Waals surface area contributed by atoms with E-state index in [4.69, 9.17) is 33.6 Å². The van der Waals surface area contributed by atoms with Crippen LogP contribution >= 0.6 is 0 Å². The maximum absolute atomic E-state index is 15.2. The van der Waals surface area contributed by atoms with Crippen molar-refractivity contribution in [3.05, 3.63) is 77.5 Å². The quantitative estimate of drug-likeness (QED) is 0.128. The highest BCUT2D eigenvalue weighted by molar-refractivity contribution is 5.96. The highest BCUT2D eigenvalue weighted by Gasteiger charge is 2.75. The molecule has 0 unspecified atom stereocenters. The Balaban J connectivity index is 1.27. The number of ether oxygens (including phenoxy) is 5. The molecule has 55 heavy (non-hydrogen) atoms. The summed E-state index contributed by atoms with van der Waals surface area (Å²) in [6, 6.07) is 13.7. The molecule has 6 rings (SSSR count). The van der Waals surface area contributed by atoms with E-state index in [1.54, 1.807) is 26.8 Å². The molecule has 298 valence electrons. The third-order valence-corrected chi connectivity index (χ3v) is 10.4. The number of hydrogen-bond acceptors (Lipinski definition) is 13. The van der Waals surface area contributed by atoms with E-state index in [0.29, 0.717) is 0 Å². The van der Waals surface area contributed by atoms with Crippen molar-refractivity contribution < 1.29 is 57.9 Å². The van der Waals surface area contributed by atoms with Crippen LogP contribution in [0.15, 0.2) is 60.9 Å². The molecule has 15 heteroatoms. The Morgan fingerprint density at radius 2 is 1.78 bits per heavy atom. The fourth-order valence-corrected chi connectivity index (χ4v) is 7.88. The summed E-state index contributed by atoms with van der Waals surface area (Å²) in [6.07, 6.45) is 0.473. The number of likely N-dealkylation sites (N-methyl/N-ethyl adjacent to an activating group) is 1. The molecule has 3 heterocycles. The molecule has 3 aliphatic heterocycles. The standard InChI is InChI=1S/C40H51N3O12/c1-39(2,3)54-31(46)15-14-28(23-45)41-36(47)29(20-26-8-6-5-7-9-26)42(4)38(49)40-21-30-32-33(52-24-51-32)35(40)55-43(34(40)37(48)53-30)22-27-12-10-25(11-13-27)16-18-50-19-17-44/h5-13,16,18,28-30,32-35,44-45H,14-15,17,19-24H2,1-4H3,(H,41,47)/t28-,29+,30+,32-,33-,34-,35+,40-/m0/s1. The van der Waals surface area contributed by atoms with E-state index in [2.05, 4.69) is 5.32 Å². The molecule has 15 nitrogen and oxygen atoms in total. The number of carbonyl (C=O) groups is 4. The fourth-order valence-electron chi connectivity index (χ4n) is 7.88. The van der Waals surface area contributed by atoms with Gasteiger partial charge in [0.15, 0.2) is 6.04 Å². The number of carbonyl (C=O) groups excluding carboxylic acids is 4. The molecule has 0 spiro atoms. The van der Waals surface area contributed by atoms with Gasteiger partial charge in [-0.3, -0.25) is 24.0 Å². The van der Waals surface area contributed by atoms with Gasteiger partial charge in [-0.05, 0) is 50.0 Å². The summed E-state index contributed by atoms with van der Waals surface area (Å²) in [7, 11) is 1.53. The highest BCUT2D eigenvalue weighted by Crippen LogP contribution is 2.56. The zero-order valence-electron chi connectivity index (χ0n) is 31.6. The number of amides is 2. The van der Waals surface area contributed by atoms with Crippen molar-refractivity contribution in [1.82, 2.24) is 15.3 Å². The van der Waals surface area contributed by atoms with Crippen LogP contribution in [0.2, 0.25) is 0 Å². The summed E-state index contributed by atoms with van der Waals surface area (Å²) in [4.78, 5) is 63.8. The van der Waals surface area contributed by atoms with E-state index < -0.39 is 83.9 Å². The third-order valence-electron chi connectivity index (χ3n) is 10.4. The molecule has 1 aliphatic carbocycles. The van der Waals surface area contributed by atoms with Gasteiger partial charge in [-0.2, -0.15) is 5.06 Å². The van der Waals surface area contributed by atoms with Gasteiger partial charge in [-0.1, -0.05) is 54.6 Å². The van der Waals surface area contributed by atoms with Crippen LogP contribution in [0.5, 0.6) is 0 Å². The molecule has 1 saturated carbocycles. The predicted octanol–water partition coefficient (Wildman–Crippen LogP) is 1.88. The molecule has 8 atom stereocenters. The second-order valence-electron chi connectivity index (χ2n) is 15.4. The average Bonchev–Trinajstić information content (AvgIpc) is 3.79. The van der Waals surface area contributed by atoms with Crippen LogP contribution in [0.4, 0.5) is 0 Å². The van der Waals surface area contributed by atoms with Gasteiger partial charge in [0, 0.05) is 26.3 Å². The first-order chi connectivity index (χ1) is 26.3. The van der Waals surface area contributed by atoms with Gasteiger partial charge < -0.3 is 44.1 Å². The molecule has 2 amide bonds. The molecule has 0 aromatic heterocycles. The lowest BCUT2D eigenvalue weighted by Crippen LogP contribution is -2.70. The highest BCUT2D eigenvalue weighted by atomic mass is 16.8. The van der Waals surface area contributed by atoms with Gasteiger partial charge in [0.05, 0.1) is 32.1 Å². The summed E-state index contributed by atoms with van der Waals surface area (Å²) in [5.74, 6) is -2.13. The number of hydrogen-bond donors (Lipinski definition) is 3. The zero-order chi connectivity index (χ0) is 39.3. The smallest absolute Gasteiger partial charge is 0.327 e. The maximum atomic E-state index is 15.2. The van der Waals surface area contributed by atoms with Crippen LogP contribution in [-0.4, -0.2) is 126 Å². The Bertz CT molecular complexity index is 1700. The van der Waals surface area contributed by atoms with Crippen molar-refractivity contribution in [2.24, 2.45) is 5.41 Å². The summed E-state index contributed by atoms with van der Waals surface area (Å²) < 4.78 is 28.4. The molecule has 4 aliphatic rings. The minimum atomic E-state index is -1.50. The van der Waals surface area contributed by atoms with Gasteiger partial charge in [0.1, 0.15) is 54.9 Å². The average molecular weight is 766 g/mol. The Morgan fingerprint density at radius 1 is 1.05 bits per heavy atom. The first-order valence-electron chi connectivity index (χ1n) is 18.6. The maximum Gasteiger partial charge on any atom is 0.327 e. The number of aliphatic hydroxyl groups is 2. The van der Waals surface area contributed by atoms with Crippen molar-refractivity contribution >= 4 is 29.8 Å². The van der Waals surface area contributed by atoms with Gasteiger partial charge in [0.25, 0.3) is 0 Å². The lowest BCUT2D eigenvalue weighted by molar-refractivity contribution is -0.204. The topological polar surface area (TPSA) is 183 Å². The van der Waals surface area contributed by atoms with Gasteiger partial charge in [-0.25, -0.2) is 0 Å². The molecule has 3 saturated heterocycles. The summed E-state index contributed by atoms with van der Waals surface area (Å²) in [5.41, 5.74) is 0.237. The lowest BCUT2D eigenvalue weighted by Gasteiger charge is -2.50. The minimum absolute atomic E-state index is 0.0346. The van der Waals surface area contributed by atoms with Crippen LogP contribution in [0.25, 0.3) is 6.08 Å². The van der Waals surface area contributed by atoms with Crippen molar-refractivity contribution in [1.29, 1.82) is 0 Å². The van der Waals surface area contributed by atoms with Gasteiger partial charge >= 0.3 is 11.9 Å². The van der Waals surface area contributed by atoms with E-state index in [9.17, 15) is 19.5 Å². The van der Waals surface area contributed by atoms with Crippen molar-refractivity contribution in [2.75, 3.05) is 33.7 Å². The molecule has 3 N–H and O–H groups in total. The van der Waals surface area contributed by atoms with Gasteiger partial charge in [0.2, 0.25) is 11.8 Å². The van der Waals surface area contributed by atoms with Crippen LogP contribution in [0.1, 0.15) is 56.7 Å². The van der Waals surface area contributed by atoms with Crippen molar-refractivity contribution in [3.8, 4) is 0 Å². The van der Waals surface area contributed by atoms with Crippen molar-refractivity contribution in [2.45, 2.75) is 101 Å². The van der Waals surface area contributed by atoms with E-state index in [1.165, 1.54) is 23.3 Å². The number of fused-ring (bicyclic) bond motifs is 4. The molecular weight excluding hydrogens is 714 g/mol. The van der Waals surface area contributed by atoms with E-state index >= 15 is 4.79 Å². The Hall–Kier alpha value is -4.38. The predicted molar refractivity (Wildman–Crippen MR) is 195 cm³/mol. The lowest BCUT2D eigenvalue weighted by atomic mass is 9.62. The molecular formula is C40H51N3O12. The number of benzene rings is 2. The van der Waals surface area contributed by atoms with E-state index in [-0.39, 0.29) is 52.2 Å². The number of hydroxylamine groups is 2. The molecule has 2 aromatic carbocycles. The van der Waals surface area contributed by atoms with Crippen LogP contribution < -0.4 is 5.32 Å². The molecule has 4 fully saturated rings. The Labute approximate surface area is 320 Å². The van der Waals surface area contributed by atoms with Crippen molar-refractivity contribution in [3.63, 3.8) is 0 Å². The SMILES string of the molecule is CN(C(=O)[C@@]12C[C@H]3OC(=O)[C@@H]1N(Cc1ccc(C=COCCO)cc1)O[C@@H]2[C@H]1OCO[C@H]13)[C@H](Cc1ccccc1)C(=O)N[C@H](CO)CCC(=O)OC(C)(C)C. The van der Waals surface area contributed by atoms with Crippen LogP contribution in [0, 0.1) is 5.41 Å². The zero-order valence-corrected chi connectivity index (χ0v) is 31.6. The number of aliphatic hydroxyl groups excluding tert-OH is 2. The second-order valence-corrected chi connectivity index (χ2v) is 15.4. The van der Waals surface area contributed by atoms with Gasteiger partial charge in [-0.15, -0.1) is 0 Å². The number of rotatable bonds is 16. The van der Waals surface area contributed by atoms with Crippen LogP contribution in [-0.2, 0) is 60.7 Å². The first kappa shape index (κ1) is 40.3. The minimum Gasteiger partial charge on any atom is -0.499 e. The van der Waals surface area contributed by atoms with E-state index in [0.717, 1.165) is 16.7 Å². The third kappa shape index (κ3) is 8.87. The number of nitrogens with zero attached hydrogens (tertiary/aromatic N) is 2. The molecule has 0 radical (unpaired) electrons. The summed E-state index contributed by atoms with van der Waals surface area (Å²) in [5, 5.41) is 23.5. The first-order valence-corrected chi connectivity index (χ1v) is 18.6. The monoisotopic (exact) mass is 765 g/mol. The summed E-state index contributed by atoms with van der Waals surface area (Å²) in [6.45, 7) is 5.00. The molecule has 2 aromatic rings. The Kier molecular flexibility index (Phi) is 12.6. The largest absolute Gasteiger partial charge is 0.499 e. The second kappa shape index (κ2) is 17.2. The summed E-state index contributed by atoms with van der Waals surface area (Å²) >= 11 is 0. The number of esters is 2. The Morgan fingerprint density at radius 3 is 2.47 bits per heavy atom. The normalized spacial score (nSPS) is 26.9. The van der Waals surface area contributed by atoms with Crippen LogP contribution in [0.3, 0.4) is 0 Å². The number of nitrogens with one attached hydrogen (secondary N) is 1. The fraction of sp³-hybridized carbons (Fsp3) is 0.550. The molecule has 2 bridgehead atoms. The van der Waals surface area contributed by atoms with E-state index in [1.807, 2.05) is 54.6 Å².